The number of benzene rings is 1. The molecular formula is C13H17NO4. The van der Waals surface area contributed by atoms with E-state index in [0.29, 0.717) is 24.8 Å². The van der Waals surface area contributed by atoms with Crippen molar-refractivity contribution in [2.45, 2.75) is 32.2 Å². The minimum absolute atomic E-state index is 0.0900. The molecular weight excluding hydrogens is 234 g/mol. The molecule has 5 nitrogen and oxygen atoms in total. The summed E-state index contributed by atoms with van der Waals surface area (Å²) in [5, 5.41) is 20.6. The van der Waals surface area contributed by atoms with E-state index in [9.17, 15) is 14.7 Å². The van der Waals surface area contributed by atoms with E-state index in [1.807, 2.05) is 0 Å². The number of carbonyl (C=O) groups excluding carboxylic acids is 1. The predicted molar refractivity (Wildman–Crippen MR) is 66.1 cm³/mol. The zero-order valence-electron chi connectivity index (χ0n) is 10.1. The SMILES string of the molecule is O=C(O)CCCCC(=O)NCc1ccccc1O. The number of phenols is 1. The first kappa shape index (κ1) is 14.0. The number of rotatable bonds is 7. The molecule has 0 atom stereocenters. The van der Waals surface area contributed by atoms with E-state index in [-0.39, 0.29) is 24.6 Å². The van der Waals surface area contributed by atoms with Crippen molar-refractivity contribution in [1.82, 2.24) is 5.32 Å². The zero-order valence-corrected chi connectivity index (χ0v) is 10.1. The normalized spacial score (nSPS) is 10.0. The number of carboxylic acid groups (broad SMARTS) is 1. The highest BCUT2D eigenvalue weighted by atomic mass is 16.4. The van der Waals surface area contributed by atoms with Crippen LogP contribution in [0.1, 0.15) is 31.2 Å². The third kappa shape index (κ3) is 5.34. The summed E-state index contributed by atoms with van der Waals surface area (Å²) in [5.41, 5.74) is 0.663. The van der Waals surface area contributed by atoms with Crippen LogP contribution in [-0.4, -0.2) is 22.1 Å². The van der Waals surface area contributed by atoms with E-state index in [0.717, 1.165) is 0 Å². The number of para-hydroxylation sites is 1. The molecule has 0 radical (unpaired) electrons. The maximum Gasteiger partial charge on any atom is 0.303 e. The molecule has 98 valence electrons. The molecule has 1 rings (SSSR count). The second-order valence-corrected chi connectivity index (χ2v) is 4.01. The Morgan fingerprint density at radius 2 is 1.78 bits per heavy atom. The van der Waals surface area contributed by atoms with Crippen molar-refractivity contribution >= 4 is 11.9 Å². The molecule has 18 heavy (non-hydrogen) atoms. The van der Waals surface area contributed by atoms with Gasteiger partial charge in [0.15, 0.2) is 0 Å². The number of carbonyl (C=O) groups is 2. The quantitative estimate of drug-likeness (QED) is 0.643. The molecule has 3 N–H and O–H groups in total. The first-order valence-corrected chi connectivity index (χ1v) is 5.85. The van der Waals surface area contributed by atoms with Gasteiger partial charge in [-0.2, -0.15) is 0 Å². The van der Waals surface area contributed by atoms with E-state index in [1.54, 1.807) is 24.3 Å². The Bertz CT molecular complexity index is 417. The minimum atomic E-state index is -0.843. The standard InChI is InChI=1S/C13H17NO4/c15-11-6-2-1-5-10(11)9-14-12(16)7-3-4-8-13(17)18/h1-2,5-6,15H,3-4,7-9H2,(H,14,16)(H,17,18). The van der Waals surface area contributed by atoms with Gasteiger partial charge in [-0.1, -0.05) is 18.2 Å². The number of hydrogen-bond donors (Lipinski definition) is 3. The van der Waals surface area contributed by atoms with E-state index in [2.05, 4.69) is 5.32 Å². The summed E-state index contributed by atoms with van der Waals surface area (Å²) in [5.74, 6) is -0.822. The number of unbranched alkanes of at least 4 members (excludes halogenated alkanes) is 1. The molecule has 0 saturated heterocycles. The summed E-state index contributed by atoms with van der Waals surface area (Å²) in [6.07, 6.45) is 1.45. The van der Waals surface area contributed by atoms with Crippen LogP contribution in [0.2, 0.25) is 0 Å². The van der Waals surface area contributed by atoms with Crippen LogP contribution in [0.5, 0.6) is 5.75 Å². The van der Waals surface area contributed by atoms with E-state index < -0.39 is 5.97 Å². The van der Waals surface area contributed by atoms with Crippen molar-refractivity contribution in [1.29, 1.82) is 0 Å². The lowest BCUT2D eigenvalue weighted by Crippen LogP contribution is -2.22. The smallest absolute Gasteiger partial charge is 0.303 e. The molecule has 0 bridgehead atoms. The second kappa shape index (κ2) is 7.32. The van der Waals surface area contributed by atoms with Crippen molar-refractivity contribution in [2.24, 2.45) is 0 Å². The number of aromatic hydroxyl groups is 1. The lowest BCUT2D eigenvalue weighted by molar-refractivity contribution is -0.137. The van der Waals surface area contributed by atoms with Gasteiger partial charge in [0.05, 0.1) is 0 Å². The number of aliphatic carboxylic acids is 1. The van der Waals surface area contributed by atoms with Crippen molar-refractivity contribution in [3.63, 3.8) is 0 Å². The average Bonchev–Trinajstić information content (AvgIpc) is 2.33. The summed E-state index contributed by atoms with van der Waals surface area (Å²) in [6, 6.07) is 6.80. The molecule has 0 heterocycles. The van der Waals surface area contributed by atoms with Crippen LogP contribution in [-0.2, 0) is 16.1 Å². The Hall–Kier alpha value is -2.04. The minimum Gasteiger partial charge on any atom is -0.508 e. The van der Waals surface area contributed by atoms with Crippen LogP contribution in [0.4, 0.5) is 0 Å². The Balaban J connectivity index is 2.21. The molecule has 5 heteroatoms. The van der Waals surface area contributed by atoms with Crippen LogP contribution in [0, 0.1) is 0 Å². The number of carboxylic acids is 1. The fourth-order valence-electron chi connectivity index (χ4n) is 1.50. The molecule has 1 amide bonds. The highest BCUT2D eigenvalue weighted by molar-refractivity contribution is 5.76. The van der Waals surface area contributed by atoms with Gasteiger partial charge in [0.2, 0.25) is 5.91 Å². The third-order valence-electron chi connectivity index (χ3n) is 2.51. The van der Waals surface area contributed by atoms with E-state index in [4.69, 9.17) is 5.11 Å². The van der Waals surface area contributed by atoms with Crippen LogP contribution < -0.4 is 5.32 Å². The van der Waals surface area contributed by atoms with Crippen LogP contribution in [0.25, 0.3) is 0 Å². The molecule has 1 aromatic rings. The first-order chi connectivity index (χ1) is 8.59. The summed E-state index contributed by atoms with van der Waals surface area (Å²) in [7, 11) is 0. The lowest BCUT2D eigenvalue weighted by Gasteiger charge is -2.06. The van der Waals surface area contributed by atoms with Gasteiger partial charge < -0.3 is 15.5 Å². The van der Waals surface area contributed by atoms with Gasteiger partial charge in [-0.15, -0.1) is 0 Å². The Kier molecular flexibility index (Phi) is 5.70. The van der Waals surface area contributed by atoms with Gasteiger partial charge in [-0.25, -0.2) is 0 Å². The molecule has 0 spiro atoms. The van der Waals surface area contributed by atoms with Gasteiger partial charge in [-0.05, 0) is 18.9 Å². The number of phenolic OH excluding ortho intramolecular Hbond substituents is 1. The molecule has 0 unspecified atom stereocenters. The molecule has 0 aliphatic heterocycles. The second-order valence-electron chi connectivity index (χ2n) is 4.01. The maximum absolute atomic E-state index is 11.4. The molecule has 0 aromatic heterocycles. The van der Waals surface area contributed by atoms with Crippen molar-refractivity contribution in [2.75, 3.05) is 0 Å². The monoisotopic (exact) mass is 251 g/mol. The van der Waals surface area contributed by atoms with Gasteiger partial charge in [0, 0.05) is 24.9 Å². The molecule has 0 fully saturated rings. The first-order valence-electron chi connectivity index (χ1n) is 5.85. The fourth-order valence-corrected chi connectivity index (χ4v) is 1.50. The van der Waals surface area contributed by atoms with Crippen LogP contribution in [0.15, 0.2) is 24.3 Å². The zero-order chi connectivity index (χ0) is 13.4. The summed E-state index contributed by atoms with van der Waals surface area (Å²) < 4.78 is 0. The predicted octanol–water partition coefficient (Wildman–Crippen LogP) is 1.65. The van der Waals surface area contributed by atoms with Gasteiger partial charge in [-0.3, -0.25) is 9.59 Å². The van der Waals surface area contributed by atoms with Crippen molar-refractivity contribution < 1.29 is 19.8 Å². The topological polar surface area (TPSA) is 86.6 Å². The van der Waals surface area contributed by atoms with E-state index >= 15 is 0 Å². The fraction of sp³-hybridized carbons (Fsp3) is 0.385. The number of hydrogen-bond acceptors (Lipinski definition) is 3. The van der Waals surface area contributed by atoms with E-state index in [1.165, 1.54) is 0 Å². The Morgan fingerprint density at radius 3 is 2.44 bits per heavy atom. The number of amides is 1. The lowest BCUT2D eigenvalue weighted by atomic mass is 10.1. The van der Waals surface area contributed by atoms with Crippen LogP contribution >= 0.6 is 0 Å². The average molecular weight is 251 g/mol. The summed E-state index contributed by atoms with van der Waals surface area (Å²) >= 11 is 0. The van der Waals surface area contributed by atoms with Gasteiger partial charge in [0.1, 0.15) is 5.75 Å². The number of nitrogens with one attached hydrogen (secondary N) is 1. The molecule has 0 aliphatic rings. The molecule has 1 aromatic carbocycles. The summed E-state index contributed by atoms with van der Waals surface area (Å²) in [6.45, 7) is 0.282. The Morgan fingerprint density at radius 1 is 1.11 bits per heavy atom. The van der Waals surface area contributed by atoms with Gasteiger partial charge >= 0.3 is 5.97 Å². The highest BCUT2D eigenvalue weighted by Crippen LogP contribution is 2.14. The highest BCUT2D eigenvalue weighted by Gasteiger charge is 2.04. The van der Waals surface area contributed by atoms with Crippen LogP contribution in [0.3, 0.4) is 0 Å². The largest absolute Gasteiger partial charge is 0.508 e. The Labute approximate surface area is 105 Å². The maximum atomic E-state index is 11.4. The van der Waals surface area contributed by atoms with Crippen molar-refractivity contribution in [3.05, 3.63) is 29.8 Å². The molecule has 0 aliphatic carbocycles. The summed E-state index contributed by atoms with van der Waals surface area (Å²) in [4.78, 5) is 21.7. The van der Waals surface area contributed by atoms with Crippen molar-refractivity contribution in [3.8, 4) is 5.75 Å². The third-order valence-corrected chi connectivity index (χ3v) is 2.51. The van der Waals surface area contributed by atoms with Gasteiger partial charge in [0.25, 0.3) is 0 Å². The molecule has 0 saturated carbocycles.